The van der Waals surface area contributed by atoms with E-state index in [9.17, 15) is 0 Å². The molecule has 1 aliphatic heterocycles. The lowest BCUT2D eigenvalue weighted by atomic mass is 9.74. The molecule has 0 amide bonds. The highest BCUT2D eigenvalue weighted by molar-refractivity contribution is 5.45. The summed E-state index contributed by atoms with van der Waals surface area (Å²) in [5.41, 5.74) is 1.59. The Morgan fingerprint density at radius 3 is 2.37 bits per heavy atom. The highest BCUT2D eigenvalue weighted by Gasteiger charge is 2.31. The van der Waals surface area contributed by atoms with Gasteiger partial charge >= 0.3 is 0 Å². The first-order chi connectivity index (χ1) is 9.12. The van der Waals surface area contributed by atoms with Crippen molar-refractivity contribution in [1.82, 2.24) is 9.97 Å². The van der Waals surface area contributed by atoms with Gasteiger partial charge in [0.15, 0.2) is 0 Å². The molecule has 1 aromatic heterocycles. The molecule has 0 aromatic carbocycles. The molecule has 0 unspecified atom stereocenters. The molecule has 0 aliphatic carbocycles. The molecule has 0 radical (unpaired) electrons. The minimum atomic E-state index is 0.560. The number of nitrogens with zero attached hydrogens (tertiary/aromatic N) is 3. The lowest BCUT2D eigenvalue weighted by Gasteiger charge is -2.41. The summed E-state index contributed by atoms with van der Waals surface area (Å²) in [6.45, 7) is 8.90. The fourth-order valence-corrected chi connectivity index (χ4v) is 2.99. The Morgan fingerprint density at radius 2 is 1.84 bits per heavy atom. The second-order valence-corrected chi connectivity index (χ2v) is 5.64. The molecule has 0 saturated carbocycles. The van der Waals surface area contributed by atoms with Gasteiger partial charge in [-0.25, -0.2) is 4.98 Å². The van der Waals surface area contributed by atoms with Crippen LogP contribution in [0.15, 0.2) is 6.07 Å². The minimum absolute atomic E-state index is 0.560. The lowest BCUT2D eigenvalue weighted by Crippen LogP contribution is -2.40. The van der Waals surface area contributed by atoms with Gasteiger partial charge in [0.1, 0.15) is 5.82 Å². The number of anilines is 2. The van der Waals surface area contributed by atoms with Crippen molar-refractivity contribution in [3.63, 3.8) is 0 Å². The molecule has 0 atom stereocenters. The summed E-state index contributed by atoms with van der Waals surface area (Å²) in [5.74, 6) is 1.79. The average molecular weight is 262 g/mol. The second kappa shape index (κ2) is 5.76. The smallest absolute Gasteiger partial charge is 0.224 e. The van der Waals surface area contributed by atoms with Crippen LogP contribution in [0.5, 0.6) is 0 Å². The van der Waals surface area contributed by atoms with E-state index in [0.717, 1.165) is 30.5 Å². The van der Waals surface area contributed by atoms with E-state index < -0.39 is 0 Å². The molecule has 1 aromatic rings. The van der Waals surface area contributed by atoms with E-state index in [1.165, 1.54) is 25.7 Å². The molecular weight excluding hydrogens is 236 g/mol. The lowest BCUT2D eigenvalue weighted by molar-refractivity contribution is 0.199. The Balaban J connectivity index is 2.11. The first kappa shape index (κ1) is 14.1. The number of hydrogen-bond acceptors (Lipinski definition) is 4. The fraction of sp³-hybridized carbons (Fsp3) is 0.733. The van der Waals surface area contributed by atoms with Crippen molar-refractivity contribution >= 4 is 11.8 Å². The van der Waals surface area contributed by atoms with Crippen LogP contribution in [0, 0.1) is 12.3 Å². The van der Waals surface area contributed by atoms with E-state index in [1.54, 1.807) is 0 Å². The van der Waals surface area contributed by atoms with Gasteiger partial charge in [-0.1, -0.05) is 26.7 Å². The molecule has 106 valence electrons. The van der Waals surface area contributed by atoms with Crippen LogP contribution in [0.2, 0.25) is 0 Å². The normalized spacial score (nSPS) is 18.4. The van der Waals surface area contributed by atoms with Crippen LogP contribution in [0.25, 0.3) is 0 Å². The summed E-state index contributed by atoms with van der Waals surface area (Å²) in [6, 6.07) is 2.09. The van der Waals surface area contributed by atoms with Crippen LogP contribution in [0.4, 0.5) is 11.8 Å². The average Bonchev–Trinajstić information content (AvgIpc) is 2.46. The number of hydrogen-bond donors (Lipinski definition) is 1. The standard InChI is InChI=1S/C15H26N4/c1-5-15(6-2)7-9-19(10-8-15)13-11-12(3)17-14(16-4)18-13/h11H,5-10H2,1-4H3,(H,16,17,18). The van der Waals surface area contributed by atoms with Crippen molar-refractivity contribution < 1.29 is 0 Å². The summed E-state index contributed by atoms with van der Waals surface area (Å²) in [4.78, 5) is 11.3. The van der Waals surface area contributed by atoms with Crippen LogP contribution in [-0.4, -0.2) is 30.1 Å². The van der Waals surface area contributed by atoms with Crippen molar-refractivity contribution in [2.75, 3.05) is 30.4 Å². The molecule has 4 heteroatoms. The van der Waals surface area contributed by atoms with Gasteiger partial charge in [0, 0.05) is 31.9 Å². The zero-order valence-electron chi connectivity index (χ0n) is 12.7. The molecule has 19 heavy (non-hydrogen) atoms. The first-order valence-electron chi connectivity index (χ1n) is 7.41. The predicted molar refractivity (Wildman–Crippen MR) is 80.8 cm³/mol. The molecule has 1 N–H and O–H groups in total. The zero-order valence-corrected chi connectivity index (χ0v) is 12.7. The van der Waals surface area contributed by atoms with Crippen LogP contribution >= 0.6 is 0 Å². The summed E-state index contributed by atoms with van der Waals surface area (Å²) in [7, 11) is 1.87. The quantitative estimate of drug-likeness (QED) is 0.904. The summed E-state index contributed by atoms with van der Waals surface area (Å²) < 4.78 is 0. The third kappa shape index (κ3) is 2.99. The summed E-state index contributed by atoms with van der Waals surface area (Å²) in [5, 5.41) is 3.04. The largest absolute Gasteiger partial charge is 0.357 e. The van der Waals surface area contributed by atoms with Gasteiger partial charge in [-0.05, 0) is 25.2 Å². The van der Waals surface area contributed by atoms with Crippen LogP contribution in [0.3, 0.4) is 0 Å². The zero-order chi connectivity index (χ0) is 13.9. The van der Waals surface area contributed by atoms with Crippen LogP contribution < -0.4 is 10.2 Å². The van der Waals surface area contributed by atoms with Gasteiger partial charge < -0.3 is 10.2 Å². The fourth-order valence-electron chi connectivity index (χ4n) is 2.99. The molecule has 0 spiro atoms. The third-order valence-electron chi connectivity index (χ3n) is 4.71. The molecule has 2 heterocycles. The van der Waals surface area contributed by atoms with Gasteiger partial charge in [0.25, 0.3) is 0 Å². The molecule has 1 fully saturated rings. The predicted octanol–water partition coefficient (Wildman–Crippen LogP) is 3.23. The van der Waals surface area contributed by atoms with Gasteiger partial charge in [-0.3, -0.25) is 0 Å². The van der Waals surface area contributed by atoms with Crippen molar-refractivity contribution in [3.8, 4) is 0 Å². The molecule has 1 saturated heterocycles. The van der Waals surface area contributed by atoms with Crippen molar-refractivity contribution in [3.05, 3.63) is 11.8 Å². The molecule has 1 aliphatic rings. The van der Waals surface area contributed by atoms with Gasteiger partial charge in [-0.2, -0.15) is 4.98 Å². The molecular formula is C15H26N4. The van der Waals surface area contributed by atoms with E-state index in [1.807, 2.05) is 14.0 Å². The maximum Gasteiger partial charge on any atom is 0.224 e. The summed E-state index contributed by atoms with van der Waals surface area (Å²) >= 11 is 0. The van der Waals surface area contributed by atoms with E-state index in [-0.39, 0.29) is 0 Å². The number of piperidine rings is 1. The SMILES string of the molecule is CCC1(CC)CCN(c2cc(C)nc(NC)n2)CC1. The topological polar surface area (TPSA) is 41.1 Å². The summed E-state index contributed by atoms with van der Waals surface area (Å²) in [6.07, 6.45) is 5.14. The number of aryl methyl sites for hydroxylation is 1. The van der Waals surface area contributed by atoms with E-state index >= 15 is 0 Å². The third-order valence-corrected chi connectivity index (χ3v) is 4.71. The van der Waals surface area contributed by atoms with E-state index in [4.69, 9.17) is 0 Å². The monoisotopic (exact) mass is 262 g/mol. The van der Waals surface area contributed by atoms with Gasteiger partial charge in [0.05, 0.1) is 0 Å². The van der Waals surface area contributed by atoms with Gasteiger partial charge in [0.2, 0.25) is 5.95 Å². The first-order valence-corrected chi connectivity index (χ1v) is 7.41. The minimum Gasteiger partial charge on any atom is -0.357 e. The number of nitrogens with one attached hydrogen (secondary N) is 1. The second-order valence-electron chi connectivity index (χ2n) is 5.64. The van der Waals surface area contributed by atoms with E-state index in [2.05, 4.69) is 40.1 Å². The maximum atomic E-state index is 4.58. The van der Waals surface area contributed by atoms with Crippen molar-refractivity contribution in [1.29, 1.82) is 0 Å². The maximum absolute atomic E-state index is 4.58. The Labute approximate surface area is 116 Å². The Hall–Kier alpha value is -1.32. The van der Waals surface area contributed by atoms with Crippen LogP contribution in [-0.2, 0) is 0 Å². The Morgan fingerprint density at radius 1 is 1.21 bits per heavy atom. The molecule has 4 nitrogen and oxygen atoms in total. The van der Waals surface area contributed by atoms with Gasteiger partial charge in [-0.15, -0.1) is 0 Å². The highest BCUT2D eigenvalue weighted by atomic mass is 15.2. The Kier molecular flexibility index (Phi) is 4.27. The molecule has 0 bridgehead atoms. The van der Waals surface area contributed by atoms with Crippen molar-refractivity contribution in [2.45, 2.75) is 46.5 Å². The van der Waals surface area contributed by atoms with Crippen LogP contribution in [0.1, 0.15) is 45.2 Å². The number of rotatable bonds is 4. The Bertz CT molecular complexity index is 416. The van der Waals surface area contributed by atoms with E-state index in [0.29, 0.717) is 5.41 Å². The van der Waals surface area contributed by atoms with Crippen molar-refractivity contribution in [2.24, 2.45) is 5.41 Å². The highest BCUT2D eigenvalue weighted by Crippen LogP contribution is 2.38. The molecule has 2 rings (SSSR count). The number of aromatic nitrogens is 2.